The minimum Gasteiger partial charge on any atom is -0.368 e. The summed E-state index contributed by atoms with van der Waals surface area (Å²) in [7, 11) is 0. The molecule has 2 aromatic rings. The van der Waals surface area contributed by atoms with Crippen LogP contribution in [0.25, 0.3) is 0 Å². The number of carbonyl (C=O) groups is 2. The average Bonchev–Trinajstić information content (AvgIpc) is 3.16. The van der Waals surface area contributed by atoms with Crippen molar-refractivity contribution in [1.29, 1.82) is 0 Å². The van der Waals surface area contributed by atoms with Crippen LogP contribution in [-0.4, -0.2) is 70.5 Å². The average molecular weight is 400 g/mol. The lowest BCUT2D eigenvalue weighted by Gasteiger charge is -2.43. The number of para-hydroxylation sites is 1. The third kappa shape index (κ3) is 3.73. The number of hydrogen-bond acceptors (Lipinski definition) is 6. The number of carbonyl (C=O) groups excluding carboxylic acids is 2. The second-order valence-electron chi connectivity index (χ2n) is 7.35. The molecule has 2 saturated heterocycles. The predicted molar refractivity (Wildman–Crippen MR) is 109 cm³/mol. The van der Waals surface area contributed by atoms with E-state index >= 15 is 0 Å². The first-order chi connectivity index (χ1) is 13.7. The van der Waals surface area contributed by atoms with E-state index in [-0.39, 0.29) is 17.7 Å². The molecule has 1 aromatic carbocycles. The van der Waals surface area contributed by atoms with Gasteiger partial charge in [-0.05, 0) is 30.1 Å². The van der Waals surface area contributed by atoms with Gasteiger partial charge in [0.05, 0.1) is 11.6 Å². The maximum atomic E-state index is 12.8. The van der Waals surface area contributed by atoms with Gasteiger partial charge in [-0.3, -0.25) is 9.59 Å². The molecule has 2 fully saturated rings. The molecule has 2 amide bonds. The molecule has 1 aromatic heterocycles. The van der Waals surface area contributed by atoms with Gasteiger partial charge in [-0.2, -0.15) is 0 Å². The van der Waals surface area contributed by atoms with Crippen molar-refractivity contribution < 1.29 is 9.59 Å². The van der Waals surface area contributed by atoms with E-state index in [1.54, 1.807) is 4.90 Å². The van der Waals surface area contributed by atoms with E-state index in [9.17, 15) is 9.59 Å². The van der Waals surface area contributed by atoms with Gasteiger partial charge < -0.3 is 14.7 Å². The van der Waals surface area contributed by atoms with Crippen LogP contribution in [0.15, 0.2) is 30.3 Å². The summed E-state index contributed by atoms with van der Waals surface area (Å²) in [6.45, 7) is 6.22. The SMILES string of the molecule is CCCc1nnsc1C(=O)N1CC(C(=O)N2CCN(c3ccccc3)CC2)C1. The third-order valence-corrected chi connectivity index (χ3v) is 6.22. The zero-order valence-corrected chi connectivity index (χ0v) is 16.9. The zero-order valence-electron chi connectivity index (χ0n) is 16.1. The van der Waals surface area contributed by atoms with Crippen molar-refractivity contribution in [3.8, 4) is 0 Å². The summed E-state index contributed by atoms with van der Waals surface area (Å²) in [5, 5.41) is 4.07. The quantitative estimate of drug-likeness (QED) is 0.768. The maximum absolute atomic E-state index is 12.8. The molecule has 0 unspecified atom stereocenters. The minimum absolute atomic E-state index is 0.0311. The summed E-state index contributed by atoms with van der Waals surface area (Å²) in [4.78, 5) is 32.1. The Morgan fingerprint density at radius 2 is 1.79 bits per heavy atom. The van der Waals surface area contributed by atoms with Crippen LogP contribution < -0.4 is 4.90 Å². The van der Waals surface area contributed by atoms with Crippen LogP contribution in [0.3, 0.4) is 0 Å². The van der Waals surface area contributed by atoms with Gasteiger partial charge in [0.2, 0.25) is 5.91 Å². The van der Waals surface area contributed by atoms with Crippen molar-refractivity contribution in [2.45, 2.75) is 19.8 Å². The Bertz CT molecular complexity index is 826. The van der Waals surface area contributed by atoms with E-state index in [0.717, 1.165) is 56.2 Å². The predicted octanol–water partition coefficient (Wildman–Crippen LogP) is 1.91. The number of likely N-dealkylation sites (tertiary alicyclic amines) is 1. The summed E-state index contributed by atoms with van der Waals surface area (Å²) >= 11 is 1.16. The van der Waals surface area contributed by atoms with Crippen LogP contribution in [0.5, 0.6) is 0 Å². The molecular weight excluding hydrogens is 374 g/mol. The van der Waals surface area contributed by atoms with E-state index < -0.39 is 0 Å². The Hall–Kier alpha value is -2.48. The van der Waals surface area contributed by atoms with Gasteiger partial charge in [0.15, 0.2) is 0 Å². The Kier molecular flexibility index (Phi) is 5.57. The minimum atomic E-state index is -0.0808. The molecule has 0 N–H and O–H groups in total. The lowest BCUT2D eigenvalue weighted by molar-refractivity contribution is -0.140. The largest absolute Gasteiger partial charge is 0.368 e. The van der Waals surface area contributed by atoms with Crippen LogP contribution in [0.2, 0.25) is 0 Å². The number of benzene rings is 1. The van der Waals surface area contributed by atoms with Crippen molar-refractivity contribution in [2.24, 2.45) is 5.92 Å². The van der Waals surface area contributed by atoms with Crippen molar-refractivity contribution in [3.05, 3.63) is 40.9 Å². The first-order valence-electron chi connectivity index (χ1n) is 9.86. The first-order valence-corrected chi connectivity index (χ1v) is 10.6. The fraction of sp³-hybridized carbons (Fsp3) is 0.500. The van der Waals surface area contributed by atoms with Gasteiger partial charge >= 0.3 is 0 Å². The van der Waals surface area contributed by atoms with Gasteiger partial charge in [0, 0.05) is 45.0 Å². The molecule has 7 nitrogen and oxygen atoms in total. The van der Waals surface area contributed by atoms with Crippen LogP contribution in [0.1, 0.15) is 28.7 Å². The molecule has 8 heteroatoms. The van der Waals surface area contributed by atoms with E-state index in [0.29, 0.717) is 18.0 Å². The van der Waals surface area contributed by atoms with Crippen molar-refractivity contribution >= 4 is 29.0 Å². The number of anilines is 1. The summed E-state index contributed by atoms with van der Waals surface area (Å²) in [6.07, 6.45) is 1.70. The Labute approximate surface area is 169 Å². The molecule has 2 aliphatic rings. The van der Waals surface area contributed by atoms with E-state index in [2.05, 4.69) is 33.5 Å². The summed E-state index contributed by atoms with van der Waals surface area (Å²) in [5.41, 5.74) is 1.99. The summed E-state index contributed by atoms with van der Waals surface area (Å²) in [6, 6.07) is 10.3. The molecule has 0 atom stereocenters. The maximum Gasteiger partial charge on any atom is 0.267 e. The molecule has 0 bridgehead atoms. The van der Waals surface area contributed by atoms with Crippen LogP contribution in [-0.2, 0) is 11.2 Å². The van der Waals surface area contributed by atoms with E-state index in [4.69, 9.17) is 0 Å². The van der Waals surface area contributed by atoms with Crippen molar-refractivity contribution in [1.82, 2.24) is 19.4 Å². The summed E-state index contributed by atoms with van der Waals surface area (Å²) < 4.78 is 3.93. The molecular formula is C20H25N5O2S. The fourth-order valence-electron chi connectivity index (χ4n) is 3.80. The van der Waals surface area contributed by atoms with Gasteiger partial charge in [-0.1, -0.05) is 36.0 Å². The number of hydrogen-bond donors (Lipinski definition) is 0. The number of aromatic nitrogens is 2. The Morgan fingerprint density at radius 1 is 1.07 bits per heavy atom. The molecule has 28 heavy (non-hydrogen) atoms. The van der Waals surface area contributed by atoms with E-state index in [1.165, 1.54) is 5.69 Å². The molecule has 148 valence electrons. The smallest absolute Gasteiger partial charge is 0.267 e. The second-order valence-corrected chi connectivity index (χ2v) is 8.11. The lowest BCUT2D eigenvalue weighted by Crippen LogP contribution is -2.59. The monoisotopic (exact) mass is 399 g/mol. The third-order valence-electron chi connectivity index (χ3n) is 5.47. The van der Waals surface area contributed by atoms with Gasteiger partial charge in [0.25, 0.3) is 5.91 Å². The molecule has 0 spiro atoms. The van der Waals surface area contributed by atoms with Crippen molar-refractivity contribution in [2.75, 3.05) is 44.2 Å². The van der Waals surface area contributed by atoms with Crippen LogP contribution in [0.4, 0.5) is 5.69 Å². The topological polar surface area (TPSA) is 69.6 Å². The van der Waals surface area contributed by atoms with Gasteiger partial charge in [-0.15, -0.1) is 5.10 Å². The summed E-state index contributed by atoms with van der Waals surface area (Å²) in [5.74, 6) is 0.0621. The molecule has 2 aliphatic heterocycles. The van der Waals surface area contributed by atoms with Crippen LogP contribution >= 0.6 is 11.5 Å². The van der Waals surface area contributed by atoms with Gasteiger partial charge in [0.1, 0.15) is 4.88 Å². The standard InChI is InChI=1S/C20H25N5O2S/c1-2-6-17-18(28-22-21-17)20(27)25-13-15(14-25)19(26)24-11-9-23(10-12-24)16-7-4-3-5-8-16/h3-5,7-8,15H,2,6,9-14H2,1H3. The highest BCUT2D eigenvalue weighted by molar-refractivity contribution is 7.08. The number of aryl methyl sites for hydroxylation is 1. The first kappa shape index (κ1) is 18.9. The molecule has 0 saturated carbocycles. The number of rotatable bonds is 5. The number of nitrogens with zero attached hydrogens (tertiary/aromatic N) is 5. The molecule has 0 aliphatic carbocycles. The number of amides is 2. The Balaban J connectivity index is 1.27. The molecule has 3 heterocycles. The highest BCUT2D eigenvalue weighted by atomic mass is 32.1. The highest BCUT2D eigenvalue weighted by Crippen LogP contribution is 2.25. The van der Waals surface area contributed by atoms with E-state index in [1.807, 2.05) is 23.1 Å². The highest BCUT2D eigenvalue weighted by Gasteiger charge is 2.39. The lowest BCUT2D eigenvalue weighted by atomic mass is 9.97. The molecule has 4 rings (SSSR count). The van der Waals surface area contributed by atoms with Crippen molar-refractivity contribution in [3.63, 3.8) is 0 Å². The number of piperazine rings is 1. The molecule has 0 radical (unpaired) electrons. The second kappa shape index (κ2) is 8.26. The fourth-order valence-corrected chi connectivity index (χ4v) is 4.47. The van der Waals surface area contributed by atoms with Gasteiger partial charge in [-0.25, -0.2) is 0 Å². The Morgan fingerprint density at radius 3 is 2.46 bits per heavy atom. The van der Waals surface area contributed by atoms with Crippen LogP contribution in [0, 0.1) is 5.92 Å². The normalized spacial score (nSPS) is 17.5. The zero-order chi connectivity index (χ0) is 19.5.